The van der Waals surface area contributed by atoms with Crippen LogP contribution in [0.5, 0.6) is 0 Å². The number of hydrogen-bond donors (Lipinski definition) is 2. The zero-order valence-corrected chi connectivity index (χ0v) is 13.9. The van der Waals surface area contributed by atoms with Crippen LogP contribution in [0.1, 0.15) is 24.2 Å². The van der Waals surface area contributed by atoms with Crippen molar-refractivity contribution >= 4 is 35.3 Å². The van der Waals surface area contributed by atoms with Gasteiger partial charge in [-0.05, 0) is 37.3 Å². The Hall–Kier alpha value is -2.73. The quantitative estimate of drug-likeness (QED) is 0.624. The van der Waals surface area contributed by atoms with E-state index < -0.39 is 0 Å². The van der Waals surface area contributed by atoms with Crippen LogP contribution >= 0.6 is 11.6 Å². The molecule has 0 unspecified atom stereocenters. The Balaban J connectivity index is 1.73. The molecule has 0 saturated carbocycles. The highest BCUT2D eigenvalue weighted by Gasteiger charge is 2.07. The van der Waals surface area contributed by atoms with E-state index in [0.717, 1.165) is 5.69 Å². The number of aryl methyl sites for hydroxylation is 1. The average molecular weight is 345 g/mol. The van der Waals surface area contributed by atoms with E-state index in [1.807, 2.05) is 19.1 Å². The first-order chi connectivity index (χ1) is 11.5. The second-order valence-electron chi connectivity index (χ2n) is 5.06. The molecule has 24 heavy (non-hydrogen) atoms. The Bertz CT molecular complexity index is 762. The van der Waals surface area contributed by atoms with Crippen LogP contribution in [-0.2, 0) is 9.59 Å². The summed E-state index contributed by atoms with van der Waals surface area (Å²) in [6.45, 7) is 1.87. The summed E-state index contributed by atoms with van der Waals surface area (Å²) in [5.74, 6) is -0.614. The average Bonchev–Trinajstić information content (AvgIpc) is 2.53. The van der Waals surface area contributed by atoms with Gasteiger partial charge >= 0.3 is 0 Å². The molecule has 2 N–H and O–H groups in total. The summed E-state index contributed by atoms with van der Waals surface area (Å²) < 4.78 is 0. The highest BCUT2D eigenvalue weighted by Crippen LogP contribution is 2.15. The number of hydrazone groups is 1. The van der Waals surface area contributed by atoms with Crippen LogP contribution in [0.15, 0.2) is 47.6 Å². The van der Waals surface area contributed by atoms with Gasteiger partial charge in [0.2, 0.25) is 11.8 Å². The van der Waals surface area contributed by atoms with Gasteiger partial charge in [-0.1, -0.05) is 23.7 Å². The van der Waals surface area contributed by atoms with Gasteiger partial charge in [0, 0.05) is 29.2 Å². The first-order valence-electron chi connectivity index (χ1n) is 7.34. The Morgan fingerprint density at radius 1 is 1.17 bits per heavy atom. The molecule has 124 valence electrons. The van der Waals surface area contributed by atoms with Crippen molar-refractivity contribution < 1.29 is 9.59 Å². The topological polar surface area (TPSA) is 83.5 Å². The molecule has 0 atom stereocenters. The molecule has 2 aromatic rings. The number of halogens is 1. The predicted octanol–water partition coefficient (Wildman–Crippen LogP) is 2.91. The maximum absolute atomic E-state index is 11.8. The fraction of sp³-hybridized carbons (Fsp3) is 0.176. The predicted molar refractivity (Wildman–Crippen MR) is 94.0 cm³/mol. The van der Waals surface area contributed by atoms with E-state index in [2.05, 4.69) is 20.8 Å². The third-order valence-electron chi connectivity index (χ3n) is 2.98. The van der Waals surface area contributed by atoms with Crippen LogP contribution in [0.3, 0.4) is 0 Å². The lowest BCUT2D eigenvalue weighted by Crippen LogP contribution is -2.20. The van der Waals surface area contributed by atoms with Crippen LogP contribution < -0.4 is 10.7 Å². The lowest BCUT2D eigenvalue weighted by Gasteiger charge is -2.05. The molecule has 2 rings (SSSR count). The summed E-state index contributed by atoms with van der Waals surface area (Å²) in [6.07, 6.45) is 1.54. The second-order valence-corrected chi connectivity index (χ2v) is 5.49. The monoisotopic (exact) mass is 344 g/mol. The molecule has 0 spiro atoms. The molecule has 6 nitrogen and oxygen atoms in total. The lowest BCUT2D eigenvalue weighted by molar-refractivity contribution is -0.124. The van der Waals surface area contributed by atoms with E-state index in [1.165, 1.54) is 6.21 Å². The molecule has 0 fully saturated rings. The number of benzene rings is 1. The number of hydrogen-bond acceptors (Lipinski definition) is 4. The molecule has 2 amide bonds. The fourth-order valence-corrected chi connectivity index (χ4v) is 2.07. The number of aromatic nitrogens is 1. The van der Waals surface area contributed by atoms with Gasteiger partial charge in [-0.2, -0.15) is 5.10 Å². The van der Waals surface area contributed by atoms with Gasteiger partial charge in [-0.15, -0.1) is 0 Å². The van der Waals surface area contributed by atoms with Gasteiger partial charge in [0.05, 0.1) is 11.9 Å². The SMILES string of the molecule is Cc1cccc(C=NNC(=O)CCC(=O)Nc2cccc(Cl)c2)n1. The molecule has 0 aliphatic rings. The van der Waals surface area contributed by atoms with Gasteiger partial charge in [-0.25, -0.2) is 5.43 Å². The number of nitrogens with one attached hydrogen (secondary N) is 2. The van der Waals surface area contributed by atoms with Crippen molar-refractivity contribution in [2.75, 3.05) is 5.32 Å². The standard InChI is InChI=1S/C17H17ClN4O2/c1-12-4-2-7-15(20-12)11-19-22-17(24)9-8-16(23)21-14-6-3-5-13(18)10-14/h2-7,10-11H,8-9H2,1H3,(H,21,23)(H,22,24). The van der Waals surface area contributed by atoms with Crippen molar-refractivity contribution in [3.05, 3.63) is 58.9 Å². The van der Waals surface area contributed by atoms with E-state index >= 15 is 0 Å². The summed E-state index contributed by atoms with van der Waals surface area (Å²) in [4.78, 5) is 27.7. The normalized spacial score (nSPS) is 10.6. The molecule has 0 saturated heterocycles. The maximum atomic E-state index is 11.8. The van der Waals surface area contributed by atoms with Crippen molar-refractivity contribution in [3.63, 3.8) is 0 Å². The van der Waals surface area contributed by atoms with Gasteiger partial charge < -0.3 is 5.32 Å². The van der Waals surface area contributed by atoms with E-state index in [9.17, 15) is 9.59 Å². The smallest absolute Gasteiger partial charge is 0.240 e. The first kappa shape index (κ1) is 17.6. The molecule has 1 heterocycles. The Kier molecular flexibility index (Phi) is 6.45. The zero-order valence-electron chi connectivity index (χ0n) is 13.1. The molecule has 0 bridgehead atoms. The number of pyridine rings is 1. The number of carbonyl (C=O) groups is 2. The minimum absolute atomic E-state index is 0.0327. The largest absolute Gasteiger partial charge is 0.326 e. The molecular formula is C17H17ClN4O2. The summed E-state index contributed by atoms with van der Waals surface area (Å²) in [5.41, 5.74) is 4.47. The number of carbonyl (C=O) groups excluding carboxylic acids is 2. The molecule has 1 aromatic carbocycles. The third kappa shape index (κ3) is 6.18. The lowest BCUT2D eigenvalue weighted by atomic mass is 10.2. The second kappa shape index (κ2) is 8.79. The maximum Gasteiger partial charge on any atom is 0.240 e. The van der Waals surface area contributed by atoms with Crippen LogP contribution in [0, 0.1) is 6.92 Å². The van der Waals surface area contributed by atoms with Gasteiger partial charge in [0.1, 0.15) is 0 Å². The Labute approximate surface area is 144 Å². The van der Waals surface area contributed by atoms with E-state index in [-0.39, 0.29) is 24.7 Å². The number of amides is 2. The van der Waals surface area contributed by atoms with Crippen LogP contribution in [0.25, 0.3) is 0 Å². The van der Waals surface area contributed by atoms with Crippen molar-refractivity contribution in [2.24, 2.45) is 5.10 Å². The zero-order chi connectivity index (χ0) is 17.4. The Morgan fingerprint density at radius 2 is 1.92 bits per heavy atom. The van der Waals surface area contributed by atoms with Crippen molar-refractivity contribution in [1.82, 2.24) is 10.4 Å². The van der Waals surface area contributed by atoms with Crippen LogP contribution in [0.4, 0.5) is 5.69 Å². The summed E-state index contributed by atoms with van der Waals surface area (Å²) in [6, 6.07) is 12.3. The summed E-state index contributed by atoms with van der Waals surface area (Å²) in [5, 5.41) is 7.03. The third-order valence-corrected chi connectivity index (χ3v) is 3.22. The van der Waals surface area contributed by atoms with Crippen LogP contribution in [-0.4, -0.2) is 23.0 Å². The summed E-state index contributed by atoms with van der Waals surface area (Å²) in [7, 11) is 0. The van der Waals surface area contributed by atoms with E-state index in [4.69, 9.17) is 11.6 Å². The van der Waals surface area contributed by atoms with Crippen LogP contribution in [0.2, 0.25) is 5.02 Å². The summed E-state index contributed by atoms with van der Waals surface area (Å²) >= 11 is 5.84. The highest BCUT2D eigenvalue weighted by atomic mass is 35.5. The fourth-order valence-electron chi connectivity index (χ4n) is 1.88. The van der Waals surface area contributed by atoms with Gasteiger partial charge in [-0.3, -0.25) is 14.6 Å². The minimum atomic E-state index is -0.347. The minimum Gasteiger partial charge on any atom is -0.326 e. The Morgan fingerprint density at radius 3 is 2.67 bits per heavy atom. The van der Waals surface area contributed by atoms with Crippen molar-refractivity contribution in [2.45, 2.75) is 19.8 Å². The highest BCUT2D eigenvalue weighted by molar-refractivity contribution is 6.30. The molecule has 0 aliphatic carbocycles. The van der Waals surface area contributed by atoms with Gasteiger partial charge in [0.15, 0.2) is 0 Å². The molecule has 7 heteroatoms. The molecule has 0 aliphatic heterocycles. The molecular weight excluding hydrogens is 328 g/mol. The molecule has 0 radical (unpaired) electrons. The number of anilines is 1. The first-order valence-corrected chi connectivity index (χ1v) is 7.72. The number of rotatable bonds is 6. The number of nitrogens with zero attached hydrogens (tertiary/aromatic N) is 2. The molecule has 1 aromatic heterocycles. The van der Waals surface area contributed by atoms with E-state index in [1.54, 1.807) is 30.3 Å². The van der Waals surface area contributed by atoms with Crippen molar-refractivity contribution in [3.8, 4) is 0 Å². The van der Waals surface area contributed by atoms with E-state index in [0.29, 0.717) is 16.4 Å². The van der Waals surface area contributed by atoms with Crippen molar-refractivity contribution in [1.29, 1.82) is 0 Å². The van der Waals surface area contributed by atoms with Gasteiger partial charge in [0.25, 0.3) is 0 Å².